The first-order chi connectivity index (χ1) is 13.2. The van der Waals surface area contributed by atoms with E-state index < -0.39 is 5.60 Å². The van der Waals surface area contributed by atoms with E-state index in [1.807, 2.05) is 0 Å². The van der Waals surface area contributed by atoms with Crippen molar-refractivity contribution in [3.05, 3.63) is 58.3 Å². The first kappa shape index (κ1) is 19.1. The van der Waals surface area contributed by atoms with Crippen LogP contribution in [0.5, 0.6) is 0 Å². The Morgan fingerprint density at radius 1 is 1.11 bits per heavy atom. The van der Waals surface area contributed by atoms with E-state index in [1.165, 1.54) is 11.1 Å². The number of hydrogen-bond donors (Lipinski definition) is 2. The molecule has 27 heavy (non-hydrogen) atoms. The minimum absolute atomic E-state index is 0.452. The third kappa shape index (κ3) is 5.00. The summed E-state index contributed by atoms with van der Waals surface area (Å²) in [5.41, 5.74) is 2.43. The molecule has 0 spiro atoms. The van der Waals surface area contributed by atoms with Gasteiger partial charge < -0.3 is 15.3 Å². The summed E-state index contributed by atoms with van der Waals surface area (Å²) in [5.74, 6) is 1.35. The molecule has 2 saturated heterocycles. The maximum atomic E-state index is 11.0. The first-order valence-electron chi connectivity index (χ1n) is 10.4. The van der Waals surface area contributed by atoms with E-state index in [-0.39, 0.29) is 0 Å². The fourth-order valence-electron chi connectivity index (χ4n) is 4.80. The molecule has 0 saturated carbocycles. The molecule has 0 unspecified atom stereocenters. The van der Waals surface area contributed by atoms with Crippen LogP contribution in [-0.2, 0) is 6.42 Å². The highest BCUT2D eigenvalue weighted by atomic mass is 32.1. The number of nitrogens with zero attached hydrogens (tertiary/aromatic N) is 1. The molecule has 0 bridgehead atoms. The van der Waals surface area contributed by atoms with Crippen LogP contribution in [0.2, 0.25) is 0 Å². The van der Waals surface area contributed by atoms with Crippen molar-refractivity contribution in [2.24, 2.45) is 5.92 Å². The van der Waals surface area contributed by atoms with Crippen LogP contribution in [0.4, 0.5) is 0 Å². The van der Waals surface area contributed by atoms with Crippen LogP contribution in [0.25, 0.3) is 0 Å². The van der Waals surface area contributed by atoms with E-state index in [9.17, 15) is 5.11 Å². The second-order valence-corrected chi connectivity index (χ2v) is 9.23. The zero-order chi connectivity index (χ0) is 18.5. The van der Waals surface area contributed by atoms with Gasteiger partial charge in [-0.25, -0.2) is 0 Å². The van der Waals surface area contributed by atoms with Crippen LogP contribution < -0.4 is 5.32 Å². The minimum Gasteiger partial charge on any atom is -0.390 e. The molecule has 2 aliphatic heterocycles. The number of hydrogen-bond acceptors (Lipinski definition) is 4. The number of nitrogens with one attached hydrogen (secondary N) is 1. The highest BCUT2D eigenvalue weighted by Gasteiger charge is 2.35. The van der Waals surface area contributed by atoms with Gasteiger partial charge in [0.2, 0.25) is 0 Å². The van der Waals surface area contributed by atoms with Crippen molar-refractivity contribution in [3.63, 3.8) is 0 Å². The molecule has 1 aromatic carbocycles. The zero-order valence-electron chi connectivity index (χ0n) is 16.1. The second-order valence-electron chi connectivity index (χ2n) is 8.45. The van der Waals surface area contributed by atoms with E-state index in [1.54, 1.807) is 11.3 Å². The summed E-state index contributed by atoms with van der Waals surface area (Å²) >= 11 is 1.81. The molecule has 2 aromatic rings. The number of thiophene rings is 1. The minimum atomic E-state index is -0.452. The fourth-order valence-corrected chi connectivity index (χ4v) is 5.53. The second kappa shape index (κ2) is 8.87. The third-order valence-corrected chi connectivity index (χ3v) is 7.24. The van der Waals surface area contributed by atoms with E-state index in [2.05, 4.69) is 57.4 Å². The Labute approximate surface area is 167 Å². The largest absolute Gasteiger partial charge is 0.390 e. The number of aliphatic hydroxyl groups is 1. The van der Waals surface area contributed by atoms with E-state index >= 15 is 0 Å². The Hall–Kier alpha value is -1.20. The van der Waals surface area contributed by atoms with Gasteiger partial charge in [-0.3, -0.25) is 0 Å². The van der Waals surface area contributed by atoms with Gasteiger partial charge in [0.1, 0.15) is 0 Å². The van der Waals surface area contributed by atoms with Crippen LogP contribution >= 0.6 is 11.3 Å². The monoisotopic (exact) mass is 384 g/mol. The van der Waals surface area contributed by atoms with Crippen LogP contribution in [0.15, 0.2) is 47.2 Å². The SMILES string of the molecule is OC1(CCCc2ccccc2)CCN(C[C@H]2CNC[C@@H]2c2ccsc2)CC1. The van der Waals surface area contributed by atoms with Gasteiger partial charge in [-0.05, 0) is 72.5 Å². The molecule has 2 N–H and O–H groups in total. The van der Waals surface area contributed by atoms with Crippen LogP contribution in [0.1, 0.15) is 42.7 Å². The molecular weight excluding hydrogens is 352 g/mol. The van der Waals surface area contributed by atoms with Crippen molar-refractivity contribution in [1.82, 2.24) is 10.2 Å². The summed E-state index contributed by atoms with van der Waals surface area (Å²) < 4.78 is 0. The zero-order valence-corrected chi connectivity index (χ0v) is 17.0. The van der Waals surface area contributed by atoms with Crippen LogP contribution in [0, 0.1) is 5.92 Å². The molecule has 0 amide bonds. The molecule has 4 rings (SSSR count). The Morgan fingerprint density at radius 3 is 2.67 bits per heavy atom. The normalized spacial score (nSPS) is 25.7. The van der Waals surface area contributed by atoms with Gasteiger partial charge in [0.15, 0.2) is 0 Å². The molecule has 3 nitrogen and oxygen atoms in total. The highest BCUT2D eigenvalue weighted by Crippen LogP contribution is 2.33. The summed E-state index contributed by atoms with van der Waals surface area (Å²) in [4.78, 5) is 2.59. The van der Waals surface area contributed by atoms with Crippen molar-refractivity contribution < 1.29 is 5.11 Å². The number of benzene rings is 1. The smallest absolute Gasteiger partial charge is 0.0672 e. The Kier molecular flexibility index (Phi) is 6.28. The number of likely N-dealkylation sites (tertiary alicyclic amines) is 1. The topological polar surface area (TPSA) is 35.5 Å². The Morgan fingerprint density at radius 2 is 1.93 bits per heavy atom. The molecule has 0 aliphatic carbocycles. The van der Waals surface area contributed by atoms with Gasteiger partial charge in [0.25, 0.3) is 0 Å². The predicted molar refractivity (Wildman–Crippen MR) is 113 cm³/mol. The van der Waals surface area contributed by atoms with E-state index in [0.717, 1.165) is 64.8 Å². The van der Waals surface area contributed by atoms with Gasteiger partial charge in [-0.15, -0.1) is 0 Å². The highest BCUT2D eigenvalue weighted by molar-refractivity contribution is 7.08. The number of aryl methyl sites for hydroxylation is 1. The van der Waals surface area contributed by atoms with Crippen molar-refractivity contribution in [2.75, 3.05) is 32.7 Å². The first-order valence-corrected chi connectivity index (χ1v) is 11.4. The van der Waals surface area contributed by atoms with Crippen molar-refractivity contribution in [1.29, 1.82) is 0 Å². The lowest BCUT2D eigenvalue weighted by Crippen LogP contribution is -2.46. The van der Waals surface area contributed by atoms with Gasteiger partial charge in [-0.2, -0.15) is 11.3 Å². The average Bonchev–Trinajstić information content (AvgIpc) is 3.36. The van der Waals surface area contributed by atoms with Gasteiger partial charge in [-0.1, -0.05) is 30.3 Å². The summed E-state index contributed by atoms with van der Waals surface area (Å²) in [6.45, 7) is 5.47. The van der Waals surface area contributed by atoms with Crippen LogP contribution in [0.3, 0.4) is 0 Å². The lowest BCUT2D eigenvalue weighted by atomic mass is 9.84. The molecular formula is C23H32N2OS. The van der Waals surface area contributed by atoms with E-state index in [0.29, 0.717) is 11.8 Å². The molecule has 146 valence electrons. The van der Waals surface area contributed by atoms with Crippen molar-refractivity contribution in [3.8, 4) is 0 Å². The predicted octanol–water partition coefficient (Wildman–Crippen LogP) is 3.90. The standard InChI is InChI=1S/C23H32N2OS/c26-23(9-4-7-19-5-2-1-3-6-19)10-12-25(13-11-23)17-21-15-24-16-22(21)20-8-14-27-18-20/h1-3,5-6,8,14,18,21-22,24,26H,4,7,9-13,15-17H2/t21-,22-/m1/s1. The molecule has 2 aliphatic rings. The molecule has 2 fully saturated rings. The average molecular weight is 385 g/mol. The quantitative estimate of drug-likeness (QED) is 0.760. The summed E-state index contributed by atoms with van der Waals surface area (Å²) in [6, 6.07) is 12.9. The number of piperidine rings is 1. The van der Waals surface area contributed by atoms with Gasteiger partial charge in [0.05, 0.1) is 5.60 Å². The van der Waals surface area contributed by atoms with Gasteiger partial charge in [0, 0.05) is 32.1 Å². The third-order valence-electron chi connectivity index (χ3n) is 6.54. The van der Waals surface area contributed by atoms with Crippen LogP contribution in [-0.4, -0.2) is 48.3 Å². The van der Waals surface area contributed by atoms with Gasteiger partial charge >= 0.3 is 0 Å². The fraction of sp³-hybridized carbons (Fsp3) is 0.565. The van der Waals surface area contributed by atoms with Crippen molar-refractivity contribution >= 4 is 11.3 Å². The summed E-state index contributed by atoms with van der Waals surface area (Å²) in [5, 5.41) is 19.1. The molecule has 1 aromatic heterocycles. The lowest BCUT2D eigenvalue weighted by molar-refractivity contribution is -0.0314. The molecule has 0 radical (unpaired) electrons. The maximum Gasteiger partial charge on any atom is 0.0672 e. The Balaban J connectivity index is 1.22. The summed E-state index contributed by atoms with van der Waals surface area (Å²) in [6.07, 6.45) is 4.92. The molecule has 4 heteroatoms. The molecule has 2 atom stereocenters. The lowest BCUT2D eigenvalue weighted by Gasteiger charge is -2.39. The molecule has 3 heterocycles. The van der Waals surface area contributed by atoms with E-state index in [4.69, 9.17) is 0 Å². The number of rotatable bonds is 7. The van der Waals surface area contributed by atoms with Crippen molar-refractivity contribution in [2.45, 2.75) is 43.6 Å². The summed E-state index contributed by atoms with van der Waals surface area (Å²) in [7, 11) is 0. The Bertz CT molecular complexity index is 680. The maximum absolute atomic E-state index is 11.0.